The molecule has 3 heteroatoms. The van der Waals surface area contributed by atoms with E-state index in [2.05, 4.69) is 216 Å². The smallest absolute Gasteiger partial charge is 0.135 e. The summed E-state index contributed by atoms with van der Waals surface area (Å²) in [6, 6.07) is 78.1. The van der Waals surface area contributed by atoms with Gasteiger partial charge in [0.2, 0.25) is 0 Å². The molecule has 0 spiro atoms. The molecule has 0 unspecified atom stereocenters. The Morgan fingerprint density at radius 3 is 1.46 bits per heavy atom. The highest BCUT2D eigenvalue weighted by Gasteiger charge is 2.17. The van der Waals surface area contributed by atoms with Crippen LogP contribution >= 0.6 is 0 Å². The van der Waals surface area contributed by atoms with Gasteiger partial charge in [0.05, 0.1) is 11.0 Å². The highest BCUT2D eigenvalue weighted by Crippen LogP contribution is 2.40. The number of aromatic nitrogens is 1. The zero-order valence-electron chi connectivity index (χ0n) is 31.1. The van der Waals surface area contributed by atoms with Gasteiger partial charge < -0.3 is 13.9 Å². The van der Waals surface area contributed by atoms with Crippen LogP contribution in [0, 0.1) is 0 Å². The number of benzene rings is 9. The first-order valence-corrected chi connectivity index (χ1v) is 19.4. The molecule has 57 heavy (non-hydrogen) atoms. The number of nitrogens with zero attached hydrogens (tertiary/aromatic N) is 2. The Balaban J connectivity index is 0.941. The molecule has 0 radical (unpaired) electrons. The fourth-order valence-electron chi connectivity index (χ4n) is 8.40. The Morgan fingerprint density at radius 1 is 0.298 bits per heavy atom. The van der Waals surface area contributed by atoms with Crippen molar-refractivity contribution in [2.24, 2.45) is 0 Å². The maximum atomic E-state index is 6.20. The van der Waals surface area contributed by atoms with Gasteiger partial charge in [0.15, 0.2) is 0 Å². The average molecular weight is 729 g/mol. The Bertz CT molecular complexity index is 3200. The van der Waals surface area contributed by atoms with Crippen LogP contribution in [-0.2, 0) is 0 Å². The number of hydrogen-bond acceptors (Lipinski definition) is 2. The molecule has 0 aliphatic rings. The molecule has 0 saturated heterocycles. The van der Waals surface area contributed by atoms with E-state index in [0.29, 0.717) is 0 Å². The Hall–Kier alpha value is -7.62. The highest BCUT2D eigenvalue weighted by atomic mass is 16.3. The van der Waals surface area contributed by atoms with E-state index in [1.54, 1.807) is 0 Å². The molecule has 0 saturated carbocycles. The Labute approximate surface area is 330 Å². The molecule has 0 atom stereocenters. The molecule has 2 heterocycles. The van der Waals surface area contributed by atoms with E-state index < -0.39 is 0 Å². The highest BCUT2D eigenvalue weighted by molar-refractivity contribution is 6.10. The maximum Gasteiger partial charge on any atom is 0.135 e. The summed E-state index contributed by atoms with van der Waals surface area (Å²) < 4.78 is 8.58. The number of furan rings is 1. The van der Waals surface area contributed by atoms with E-state index in [4.69, 9.17) is 4.42 Å². The van der Waals surface area contributed by atoms with Crippen molar-refractivity contribution in [2.75, 3.05) is 4.90 Å². The van der Waals surface area contributed by atoms with Crippen LogP contribution < -0.4 is 4.90 Å². The van der Waals surface area contributed by atoms with Gasteiger partial charge in [-0.15, -0.1) is 0 Å². The zero-order valence-corrected chi connectivity index (χ0v) is 31.1. The molecule has 0 N–H and O–H groups in total. The fraction of sp³-hybridized carbons (Fsp3) is 0. The second-order valence-corrected chi connectivity index (χ2v) is 14.6. The van der Waals surface area contributed by atoms with Crippen molar-refractivity contribution in [3.8, 4) is 39.1 Å². The normalized spacial score (nSPS) is 11.5. The number of rotatable bonds is 7. The third kappa shape index (κ3) is 5.76. The lowest BCUT2D eigenvalue weighted by molar-refractivity contribution is 0.669. The van der Waals surface area contributed by atoms with E-state index in [9.17, 15) is 0 Å². The summed E-state index contributed by atoms with van der Waals surface area (Å²) in [5.41, 5.74) is 15.7. The first-order chi connectivity index (χ1) is 28.2. The van der Waals surface area contributed by atoms with Crippen LogP contribution in [0.2, 0.25) is 0 Å². The van der Waals surface area contributed by atoms with Crippen LogP contribution in [0.25, 0.3) is 82.8 Å². The van der Waals surface area contributed by atoms with Crippen molar-refractivity contribution >= 4 is 60.8 Å². The molecule has 0 fully saturated rings. The molecule has 9 aromatic carbocycles. The third-order valence-electron chi connectivity index (χ3n) is 11.2. The molecule has 3 nitrogen and oxygen atoms in total. The minimum Gasteiger partial charge on any atom is -0.456 e. The van der Waals surface area contributed by atoms with Crippen LogP contribution in [0.5, 0.6) is 0 Å². The first-order valence-electron chi connectivity index (χ1n) is 19.4. The van der Waals surface area contributed by atoms with E-state index in [1.165, 1.54) is 55.2 Å². The van der Waals surface area contributed by atoms with Crippen LogP contribution in [0.3, 0.4) is 0 Å². The van der Waals surface area contributed by atoms with Gasteiger partial charge in [-0.2, -0.15) is 0 Å². The first kappa shape index (κ1) is 32.8. The lowest BCUT2D eigenvalue weighted by Gasteiger charge is -2.26. The molecule has 0 aliphatic heterocycles. The standard InChI is InChI=1S/C54H36N2O/c1-3-11-37(12-4-1)39-23-28-44(29-24-39)55(46-32-34-54-50(36-46)49-16-8-10-18-53(49)57-54)45-30-25-40(26-31-45)38-19-21-41(22-20-38)42-27-33-48-47-15-7-9-17-51(47)56(52(48)35-42)43-13-5-2-6-14-43/h1-36H. The molecule has 11 aromatic rings. The van der Waals surface area contributed by atoms with Gasteiger partial charge in [-0.1, -0.05) is 146 Å². The third-order valence-corrected chi connectivity index (χ3v) is 11.2. The quantitative estimate of drug-likeness (QED) is 0.163. The van der Waals surface area contributed by atoms with Crippen molar-refractivity contribution in [1.82, 2.24) is 4.57 Å². The fourth-order valence-corrected chi connectivity index (χ4v) is 8.40. The molecule has 0 amide bonds. The molecule has 268 valence electrons. The van der Waals surface area contributed by atoms with E-state index in [1.807, 2.05) is 12.1 Å². The van der Waals surface area contributed by atoms with Crippen molar-refractivity contribution in [1.29, 1.82) is 0 Å². The second-order valence-electron chi connectivity index (χ2n) is 14.6. The molecule has 11 rings (SSSR count). The topological polar surface area (TPSA) is 21.3 Å². The van der Waals surface area contributed by atoms with Gasteiger partial charge >= 0.3 is 0 Å². The minimum atomic E-state index is 0.886. The summed E-state index contributed by atoms with van der Waals surface area (Å²) in [7, 11) is 0. The summed E-state index contributed by atoms with van der Waals surface area (Å²) in [4.78, 5) is 2.33. The van der Waals surface area contributed by atoms with Crippen molar-refractivity contribution < 1.29 is 4.42 Å². The van der Waals surface area contributed by atoms with Gasteiger partial charge in [-0.05, 0) is 106 Å². The lowest BCUT2D eigenvalue weighted by Crippen LogP contribution is -2.09. The van der Waals surface area contributed by atoms with E-state index in [-0.39, 0.29) is 0 Å². The summed E-state index contributed by atoms with van der Waals surface area (Å²) in [5.74, 6) is 0. The minimum absolute atomic E-state index is 0.886. The molecule has 2 aromatic heterocycles. The summed E-state index contributed by atoms with van der Waals surface area (Å²) in [6.45, 7) is 0. The van der Waals surface area contributed by atoms with Gasteiger partial charge in [-0.25, -0.2) is 0 Å². The maximum absolute atomic E-state index is 6.20. The Morgan fingerprint density at radius 2 is 0.772 bits per heavy atom. The SMILES string of the molecule is c1ccc(-c2ccc(N(c3ccc(-c4ccc(-c5ccc6c7ccccc7n(-c7ccccc7)c6c5)cc4)cc3)c3ccc4oc5ccccc5c4c3)cc2)cc1. The van der Waals surface area contributed by atoms with Gasteiger partial charge in [0, 0.05) is 44.3 Å². The molecule has 0 bridgehead atoms. The van der Waals surface area contributed by atoms with Crippen LogP contribution in [-0.4, -0.2) is 4.57 Å². The number of fused-ring (bicyclic) bond motifs is 6. The van der Waals surface area contributed by atoms with Gasteiger partial charge in [-0.3, -0.25) is 0 Å². The largest absolute Gasteiger partial charge is 0.456 e. The molecular formula is C54H36N2O. The predicted octanol–water partition coefficient (Wildman–Crippen LogP) is 15.2. The van der Waals surface area contributed by atoms with Crippen molar-refractivity contribution in [3.05, 3.63) is 218 Å². The predicted molar refractivity (Wildman–Crippen MR) is 239 cm³/mol. The summed E-state index contributed by atoms with van der Waals surface area (Å²) >= 11 is 0. The second kappa shape index (κ2) is 13.6. The van der Waals surface area contributed by atoms with Crippen molar-refractivity contribution in [2.45, 2.75) is 0 Å². The van der Waals surface area contributed by atoms with Gasteiger partial charge in [0.25, 0.3) is 0 Å². The van der Waals surface area contributed by atoms with Crippen molar-refractivity contribution in [3.63, 3.8) is 0 Å². The number of para-hydroxylation sites is 3. The van der Waals surface area contributed by atoms with E-state index in [0.717, 1.165) is 44.7 Å². The molecular weight excluding hydrogens is 693 g/mol. The summed E-state index contributed by atoms with van der Waals surface area (Å²) in [6.07, 6.45) is 0. The average Bonchev–Trinajstić information content (AvgIpc) is 3.83. The monoisotopic (exact) mass is 728 g/mol. The van der Waals surface area contributed by atoms with Crippen LogP contribution in [0.1, 0.15) is 0 Å². The molecule has 0 aliphatic carbocycles. The number of anilines is 3. The Kier molecular flexibility index (Phi) is 7.82. The van der Waals surface area contributed by atoms with Gasteiger partial charge in [0.1, 0.15) is 11.2 Å². The van der Waals surface area contributed by atoms with Crippen LogP contribution in [0.4, 0.5) is 17.1 Å². The lowest BCUT2D eigenvalue weighted by atomic mass is 9.99. The van der Waals surface area contributed by atoms with Crippen LogP contribution in [0.15, 0.2) is 223 Å². The van der Waals surface area contributed by atoms with E-state index >= 15 is 0 Å². The zero-order chi connectivity index (χ0) is 37.7. The summed E-state index contributed by atoms with van der Waals surface area (Å²) in [5, 5.41) is 4.74. The number of hydrogen-bond donors (Lipinski definition) is 0.